The maximum Gasteiger partial charge on any atom is 0.239 e. The largest absolute Gasteiger partial charge is 0.388 e. The molecule has 12 heteroatoms. The summed E-state index contributed by atoms with van der Waals surface area (Å²) in [6, 6.07) is -0.860. The number of aromatic nitrogens is 4. The highest BCUT2D eigenvalue weighted by Gasteiger charge is 2.43. The zero-order valence-corrected chi connectivity index (χ0v) is 24.5. The lowest BCUT2D eigenvalue weighted by Gasteiger charge is -2.42. The summed E-state index contributed by atoms with van der Waals surface area (Å²) in [6.45, 7) is 5.93. The number of allylic oxidation sites excluding steroid dienone is 2. The SMILES string of the molecule is CC(C)C/C=C/CCCCCCCCCC(=O)NCC(=O)NC1C(C)OC(Nc2ncnc3nc[nH]c23)C(O)C1O. The van der Waals surface area contributed by atoms with Crippen LogP contribution in [0.5, 0.6) is 0 Å². The van der Waals surface area contributed by atoms with Gasteiger partial charge < -0.3 is 35.9 Å². The summed E-state index contributed by atoms with van der Waals surface area (Å²) in [5.41, 5.74) is 0.980. The molecule has 0 bridgehead atoms. The van der Waals surface area contributed by atoms with E-state index in [1.165, 1.54) is 38.3 Å². The van der Waals surface area contributed by atoms with E-state index in [2.05, 4.69) is 61.9 Å². The van der Waals surface area contributed by atoms with E-state index in [1.54, 1.807) is 6.92 Å². The number of H-pyrrole nitrogens is 1. The fourth-order valence-corrected chi connectivity index (χ4v) is 4.82. The predicted molar refractivity (Wildman–Crippen MR) is 157 cm³/mol. The van der Waals surface area contributed by atoms with Crippen LogP contribution in [0, 0.1) is 5.92 Å². The first-order valence-electron chi connectivity index (χ1n) is 14.9. The summed E-state index contributed by atoms with van der Waals surface area (Å²) in [6.07, 6.45) is 13.5. The normalized spacial score (nSPS) is 22.8. The minimum Gasteiger partial charge on any atom is -0.388 e. The number of ether oxygens (including phenoxy) is 1. The summed E-state index contributed by atoms with van der Waals surface area (Å²) < 4.78 is 5.85. The Morgan fingerprint density at radius 1 is 1.00 bits per heavy atom. The number of hydrogen-bond donors (Lipinski definition) is 6. The highest BCUT2D eigenvalue weighted by molar-refractivity contribution is 5.85. The molecular weight excluding hydrogens is 526 g/mol. The van der Waals surface area contributed by atoms with Crippen molar-refractivity contribution >= 4 is 28.8 Å². The third kappa shape index (κ3) is 10.7. The Bertz CT molecular complexity index is 1110. The molecule has 0 spiro atoms. The van der Waals surface area contributed by atoms with E-state index in [1.807, 2.05) is 0 Å². The minimum absolute atomic E-state index is 0.180. The summed E-state index contributed by atoms with van der Waals surface area (Å²) in [5, 5.41) is 29.6. The summed E-state index contributed by atoms with van der Waals surface area (Å²) in [7, 11) is 0. The van der Waals surface area contributed by atoms with Gasteiger partial charge in [0.05, 0.1) is 25.0 Å². The van der Waals surface area contributed by atoms with Crippen LogP contribution < -0.4 is 16.0 Å². The van der Waals surface area contributed by atoms with Gasteiger partial charge in [0.25, 0.3) is 0 Å². The number of rotatable bonds is 17. The fourth-order valence-electron chi connectivity index (χ4n) is 4.82. The van der Waals surface area contributed by atoms with Crippen molar-refractivity contribution in [2.75, 3.05) is 11.9 Å². The van der Waals surface area contributed by atoms with Gasteiger partial charge in [0.1, 0.15) is 24.1 Å². The molecule has 1 saturated heterocycles. The lowest BCUT2D eigenvalue weighted by atomic mass is 9.96. The average Bonchev–Trinajstić information content (AvgIpc) is 3.43. The van der Waals surface area contributed by atoms with Crippen LogP contribution in [0.3, 0.4) is 0 Å². The van der Waals surface area contributed by atoms with Crippen molar-refractivity contribution in [3.63, 3.8) is 0 Å². The maximum atomic E-state index is 12.5. The Labute approximate surface area is 242 Å². The molecule has 2 amide bonds. The number of fused-ring (bicyclic) bond motifs is 1. The Morgan fingerprint density at radius 2 is 1.73 bits per heavy atom. The fraction of sp³-hybridized carbons (Fsp3) is 0.690. The van der Waals surface area contributed by atoms with Crippen molar-refractivity contribution in [2.45, 2.75) is 116 Å². The minimum atomic E-state index is -1.36. The molecule has 1 aliphatic rings. The Balaban J connectivity index is 1.27. The second kappa shape index (κ2) is 17.0. The van der Waals surface area contributed by atoms with Gasteiger partial charge in [0.2, 0.25) is 11.8 Å². The molecule has 0 aliphatic carbocycles. The number of aliphatic hydroxyl groups excluding tert-OH is 2. The number of nitrogens with one attached hydrogen (secondary N) is 4. The third-order valence-corrected chi connectivity index (χ3v) is 7.22. The van der Waals surface area contributed by atoms with E-state index in [9.17, 15) is 19.8 Å². The van der Waals surface area contributed by atoms with E-state index in [0.29, 0.717) is 23.4 Å². The van der Waals surface area contributed by atoms with E-state index < -0.39 is 36.5 Å². The molecule has 2 aromatic heterocycles. The molecule has 5 unspecified atom stereocenters. The number of hydrogen-bond acceptors (Lipinski definition) is 9. The van der Waals surface area contributed by atoms with Crippen LogP contribution in [0.15, 0.2) is 24.8 Å². The van der Waals surface area contributed by atoms with E-state index >= 15 is 0 Å². The number of nitrogens with zero attached hydrogens (tertiary/aromatic N) is 3. The predicted octanol–water partition coefficient (Wildman–Crippen LogP) is 2.95. The quantitative estimate of drug-likeness (QED) is 0.123. The van der Waals surface area contributed by atoms with Crippen LogP contribution in [0.4, 0.5) is 5.82 Å². The van der Waals surface area contributed by atoms with Gasteiger partial charge in [-0.3, -0.25) is 9.59 Å². The summed E-state index contributed by atoms with van der Waals surface area (Å²) in [5.74, 6) is 0.438. The van der Waals surface area contributed by atoms with E-state index in [-0.39, 0.29) is 12.5 Å². The molecule has 12 nitrogen and oxygen atoms in total. The monoisotopic (exact) mass is 573 g/mol. The molecule has 5 atom stereocenters. The lowest BCUT2D eigenvalue weighted by molar-refractivity contribution is -0.172. The summed E-state index contributed by atoms with van der Waals surface area (Å²) in [4.78, 5) is 39.8. The smallest absolute Gasteiger partial charge is 0.239 e. The number of carbonyl (C=O) groups excluding carboxylic acids is 2. The van der Waals surface area contributed by atoms with Crippen LogP contribution >= 0.6 is 0 Å². The van der Waals surface area contributed by atoms with Crippen molar-refractivity contribution in [1.29, 1.82) is 0 Å². The molecule has 0 aromatic carbocycles. The Kier molecular flexibility index (Phi) is 13.4. The maximum absolute atomic E-state index is 12.5. The number of anilines is 1. The molecular formula is C29H47N7O5. The summed E-state index contributed by atoms with van der Waals surface area (Å²) >= 11 is 0. The number of carbonyl (C=O) groups is 2. The molecule has 0 saturated carbocycles. The van der Waals surface area contributed by atoms with Gasteiger partial charge in [-0.15, -0.1) is 0 Å². The Morgan fingerprint density at radius 3 is 2.49 bits per heavy atom. The Hall–Kier alpha value is -3.09. The third-order valence-electron chi connectivity index (χ3n) is 7.22. The number of unbranched alkanes of at least 4 members (excludes halogenated alkanes) is 7. The highest BCUT2D eigenvalue weighted by atomic mass is 16.5. The van der Waals surface area contributed by atoms with Crippen LogP contribution in [0.25, 0.3) is 11.2 Å². The van der Waals surface area contributed by atoms with Crippen LogP contribution in [-0.4, -0.2) is 79.1 Å². The standard InChI is InChI=1S/C29H47N7O5/c1-19(2)14-12-10-8-6-4-5-7-9-11-13-15-21(37)30-16-22(38)35-23-20(3)41-29(26(40)25(23)39)36-28-24-27(32-17-31-24)33-18-34-28/h10,12,17-20,23,25-26,29,39-40H,4-9,11,13-16H2,1-3H3,(H,30,37)(H,35,38)(H2,31,32,33,34,36)/b12-10+. The first kappa shape index (κ1) is 32.4. The lowest BCUT2D eigenvalue weighted by Crippen LogP contribution is -2.64. The zero-order chi connectivity index (χ0) is 29.6. The van der Waals surface area contributed by atoms with Gasteiger partial charge in [-0.2, -0.15) is 0 Å². The first-order valence-corrected chi connectivity index (χ1v) is 14.9. The van der Waals surface area contributed by atoms with Gasteiger partial charge in [-0.25, -0.2) is 15.0 Å². The van der Waals surface area contributed by atoms with E-state index in [0.717, 1.165) is 38.0 Å². The number of amides is 2. The van der Waals surface area contributed by atoms with Crippen molar-refractivity contribution in [2.24, 2.45) is 5.92 Å². The van der Waals surface area contributed by atoms with Crippen molar-refractivity contribution in [3.05, 3.63) is 24.8 Å². The second-order valence-electron chi connectivity index (χ2n) is 11.2. The van der Waals surface area contributed by atoms with Crippen LogP contribution in [-0.2, 0) is 14.3 Å². The van der Waals surface area contributed by atoms with Crippen molar-refractivity contribution < 1.29 is 24.5 Å². The van der Waals surface area contributed by atoms with Crippen LogP contribution in [0.2, 0.25) is 0 Å². The topological polar surface area (TPSA) is 174 Å². The molecule has 41 heavy (non-hydrogen) atoms. The molecule has 6 N–H and O–H groups in total. The molecule has 2 aromatic rings. The number of aromatic amines is 1. The molecule has 228 valence electrons. The number of imidazole rings is 1. The van der Waals surface area contributed by atoms with Crippen LogP contribution in [0.1, 0.15) is 85.0 Å². The first-order chi connectivity index (χ1) is 19.8. The van der Waals surface area contributed by atoms with Gasteiger partial charge in [-0.05, 0) is 38.5 Å². The second-order valence-corrected chi connectivity index (χ2v) is 11.2. The molecule has 1 fully saturated rings. The number of aliphatic hydroxyl groups is 2. The molecule has 3 heterocycles. The zero-order valence-electron chi connectivity index (χ0n) is 24.5. The van der Waals surface area contributed by atoms with E-state index in [4.69, 9.17) is 4.74 Å². The van der Waals surface area contributed by atoms with Gasteiger partial charge >= 0.3 is 0 Å². The van der Waals surface area contributed by atoms with Gasteiger partial charge in [-0.1, -0.05) is 58.1 Å². The highest BCUT2D eigenvalue weighted by Crippen LogP contribution is 2.24. The van der Waals surface area contributed by atoms with Gasteiger partial charge in [0, 0.05) is 6.42 Å². The van der Waals surface area contributed by atoms with Crippen molar-refractivity contribution in [1.82, 2.24) is 30.6 Å². The molecule has 0 radical (unpaired) electrons. The van der Waals surface area contributed by atoms with Gasteiger partial charge in [0.15, 0.2) is 17.7 Å². The molecule has 1 aliphatic heterocycles. The molecule has 3 rings (SSSR count). The average molecular weight is 574 g/mol. The van der Waals surface area contributed by atoms with Crippen molar-refractivity contribution in [3.8, 4) is 0 Å².